The Labute approximate surface area is 130 Å². The van der Waals surface area contributed by atoms with Crippen LogP contribution in [0.4, 0.5) is 0 Å². The van der Waals surface area contributed by atoms with Crippen LogP contribution in [0.3, 0.4) is 0 Å². The molecule has 21 heavy (non-hydrogen) atoms. The van der Waals surface area contributed by atoms with Crippen LogP contribution in [0.5, 0.6) is 0 Å². The van der Waals surface area contributed by atoms with Gasteiger partial charge in [0.2, 0.25) is 0 Å². The average molecular weight is 288 g/mol. The molecule has 0 amide bonds. The second-order valence-electron chi connectivity index (χ2n) is 7.18. The van der Waals surface area contributed by atoms with Crippen molar-refractivity contribution in [3.63, 3.8) is 0 Å². The van der Waals surface area contributed by atoms with Gasteiger partial charge in [-0.2, -0.15) is 0 Å². The Hall–Kier alpha value is -0.860. The van der Waals surface area contributed by atoms with Crippen molar-refractivity contribution in [3.05, 3.63) is 35.4 Å². The van der Waals surface area contributed by atoms with Gasteiger partial charge in [-0.25, -0.2) is 0 Å². The molecule has 1 aliphatic carbocycles. The molecule has 1 aliphatic rings. The van der Waals surface area contributed by atoms with E-state index >= 15 is 0 Å². The largest absolute Gasteiger partial charge is 0.315 e. The maximum absolute atomic E-state index is 3.55. The highest BCUT2D eigenvalue weighted by Gasteiger charge is 2.33. The van der Waals surface area contributed by atoms with Crippen LogP contribution < -0.4 is 5.32 Å². The van der Waals surface area contributed by atoms with E-state index in [0.717, 1.165) is 18.4 Å². The van der Waals surface area contributed by atoms with Crippen LogP contribution in [0, 0.1) is 18.8 Å². The first-order valence-electron chi connectivity index (χ1n) is 8.44. The van der Waals surface area contributed by atoms with Gasteiger partial charge in [-0.15, -0.1) is 0 Å². The molecule has 1 fully saturated rings. The molecule has 3 unspecified atom stereocenters. The molecule has 118 valence electrons. The Morgan fingerprint density at radius 3 is 2.67 bits per heavy atom. The van der Waals surface area contributed by atoms with E-state index in [-0.39, 0.29) is 0 Å². The molecule has 2 nitrogen and oxygen atoms in total. The third-order valence-electron chi connectivity index (χ3n) is 5.25. The minimum absolute atomic E-state index is 0.634. The van der Waals surface area contributed by atoms with Gasteiger partial charge in [-0.1, -0.05) is 43.7 Å². The number of likely N-dealkylation sites (N-methyl/N-ethyl adjacent to an activating group) is 2. The maximum Gasteiger partial charge on any atom is 0.0252 e. The summed E-state index contributed by atoms with van der Waals surface area (Å²) in [6, 6.07) is 10.2. The molecule has 0 aliphatic heterocycles. The van der Waals surface area contributed by atoms with Crippen LogP contribution >= 0.6 is 0 Å². The van der Waals surface area contributed by atoms with E-state index in [0.29, 0.717) is 12.1 Å². The van der Waals surface area contributed by atoms with Crippen molar-refractivity contribution in [2.45, 2.75) is 58.7 Å². The zero-order valence-corrected chi connectivity index (χ0v) is 14.4. The van der Waals surface area contributed by atoms with Gasteiger partial charge in [0, 0.05) is 18.6 Å². The smallest absolute Gasteiger partial charge is 0.0252 e. The summed E-state index contributed by atoms with van der Waals surface area (Å²) in [5, 5.41) is 3.55. The normalized spacial score (nSPS) is 26.5. The summed E-state index contributed by atoms with van der Waals surface area (Å²) >= 11 is 0. The highest BCUT2D eigenvalue weighted by molar-refractivity contribution is 5.22. The second kappa shape index (κ2) is 7.42. The predicted molar refractivity (Wildman–Crippen MR) is 91.5 cm³/mol. The summed E-state index contributed by atoms with van der Waals surface area (Å²) in [4.78, 5) is 2.56. The molecule has 0 saturated heterocycles. The SMILES string of the molecule is CNC1CCC(C(C)C)CC1N(C)Cc1cccc(C)c1. The van der Waals surface area contributed by atoms with Gasteiger partial charge in [-0.3, -0.25) is 4.90 Å². The number of hydrogen-bond donors (Lipinski definition) is 1. The van der Waals surface area contributed by atoms with Crippen LogP contribution in [0.2, 0.25) is 0 Å². The number of aryl methyl sites for hydroxylation is 1. The summed E-state index contributed by atoms with van der Waals surface area (Å²) in [7, 11) is 4.41. The van der Waals surface area contributed by atoms with E-state index in [1.54, 1.807) is 0 Å². The first kappa shape index (κ1) is 16.5. The highest BCUT2D eigenvalue weighted by Crippen LogP contribution is 2.32. The van der Waals surface area contributed by atoms with Gasteiger partial charge in [0.05, 0.1) is 0 Å². The summed E-state index contributed by atoms with van der Waals surface area (Å²) in [6.45, 7) is 7.98. The van der Waals surface area contributed by atoms with Gasteiger partial charge >= 0.3 is 0 Å². The fraction of sp³-hybridized carbons (Fsp3) is 0.684. The molecule has 0 spiro atoms. The highest BCUT2D eigenvalue weighted by atomic mass is 15.2. The second-order valence-corrected chi connectivity index (χ2v) is 7.18. The van der Waals surface area contributed by atoms with Crippen molar-refractivity contribution < 1.29 is 0 Å². The molecule has 0 heterocycles. The lowest BCUT2D eigenvalue weighted by Gasteiger charge is -2.42. The molecule has 0 radical (unpaired) electrons. The van der Waals surface area contributed by atoms with Crippen molar-refractivity contribution >= 4 is 0 Å². The Bertz CT molecular complexity index is 441. The third kappa shape index (κ3) is 4.31. The topological polar surface area (TPSA) is 15.3 Å². The predicted octanol–water partition coefficient (Wildman–Crippen LogP) is 3.84. The number of rotatable bonds is 5. The lowest BCUT2D eigenvalue weighted by Crippen LogP contribution is -2.51. The first-order chi connectivity index (χ1) is 10.0. The van der Waals surface area contributed by atoms with E-state index in [4.69, 9.17) is 0 Å². The maximum atomic E-state index is 3.55. The van der Waals surface area contributed by atoms with Crippen LogP contribution in [0.15, 0.2) is 24.3 Å². The van der Waals surface area contributed by atoms with Crippen molar-refractivity contribution in [1.29, 1.82) is 0 Å². The fourth-order valence-electron chi connectivity index (χ4n) is 3.82. The third-order valence-corrected chi connectivity index (χ3v) is 5.25. The molecule has 1 aromatic rings. The number of nitrogens with zero attached hydrogens (tertiary/aromatic N) is 1. The summed E-state index contributed by atoms with van der Waals surface area (Å²) < 4.78 is 0. The van der Waals surface area contributed by atoms with Crippen LogP contribution in [0.25, 0.3) is 0 Å². The van der Waals surface area contributed by atoms with Gasteiger partial charge in [0.1, 0.15) is 0 Å². The lowest BCUT2D eigenvalue weighted by atomic mass is 9.76. The van der Waals surface area contributed by atoms with E-state index in [1.807, 2.05) is 0 Å². The van der Waals surface area contributed by atoms with E-state index in [1.165, 1.54) is 30.4 Å². The Morgan fingerprint density at radius 2 is 2.05 bits per heavy atom. The monoisotopic (exact) mass is 288 g/mol. The van der Waals surface area contributed by atoms with E-state index in [9.17, 15) is 0 Å². The van der Waals surface area contributed by atoms with Gasteiger partial charge in [0.25, 0.3) is 0 Å². The van der Waals surface area contributed by atoms with E-state index < -0.39 is 0 Å². The summed E-state index contributed by atoms with van der Waals surface area (Å²) in [5.74, 6) is 1.68. The van der Waals surface area contributed by atoms with Crippen molar-refractivity contribution in [1.82, 2.24) is 10.2 Å². The molecule has 0 aromatic heterocycles. The Kier molecular flexibility index (Phi) is 5.83. The molecular formula is C19H32N2. The molecule has 1 N–H and O–H groups in total. The van der Waals surface area contributed by atoms with Crippen LogP contribution in [-0.2, 0) is 6.54 Å². The molecule has 1 saturated carbocycles. The molecule has 2 rings (SSSR count). The van der Waals surface area contributed by atoms with E-state index in [2.05, 4.69) is 69.3 Å². The summed E-state index contributed by atoms with van der Waals surface area (Å²) in [5.41, 5.74) is 2.79. The summed E-state index contributed by atoms with van der Waals surface area (Å²) in [6.07, 6.45) is 4.01. The zero-order chi connectivity index (χ0) is 15.4. The average Bonchev–Trinajstić information content (AvgIpc) is 2.46. The Morgan fingerprint density at radius 1 is 1.29 bits per heavy atom. The number of benzene rings is 1. The zero-order valence-electron chi connectivity index (χ0n) is 14.4. The molecule has 0 bridgehead atoms. The van der Waals surface area contributed by atoms with Crippen LogP contribution in [0.1, 0.15) is 44.2 Å². The minimum atomic E-state index is 0.634. The number of hydrogen-bond acceptors (Lipinski definition) is 2. The molecule has 1 aromatic carbocycles. The molecular weight excluding hydrogens is 256 g/mol. The molecule has 2 heteroatoms. The lowest BCUT2D eigenvalue weighted by molar-refractivity contribution is 0.101. The number of nitrogens with one attached hydrogen (secondary N) is 1. The van der Waals surface area contributed by atoms with Crippen molar-refractivity contribution in [2.75, 3.05) is 14.1 Å². The van der Waals surface area contributed by atoms with Crippen LogP contribution in [-0.4, -0.2) is 31.1 Å². The van der Waals surface area contributed by atoms with Crippen molar-refractivity contribution in [2.24, 2.45) is 11.8 Å². The standard InChI is InChI=1S/C19H32N2/c1-14(2)17-9-10-18(20-4)19(12-17)21(5)13-16-8-6-7-15(3)11-16/h6-8,11,14,17-20H,9-10,12-13H2,1-5H3. The minimum Gasteiger partial charge on any atom is -0.315 e. The fourth-order valence-corrected chi connectivity index (χ4v) is 3.82. The quantitative estimate of drug-likeness (QED) is 0.885. The van der Waals surface area contributed by atoms with Gasteiger partial charge < -0.3 is 5.32 Å². The van der Waals surface area contributed by atoms with Crippen molar-refractivity contribution in [3.8, 4) is 0 Å². The van der Waals surface area contributed by atoms with Gasteiger partial charge in [-0.05, 0) is 57.7 Å². The van der Waals surface area contributed by atoms with Gasteiger partial charge in [0.15, 0.2) is 0 Å². The molecule has 3 atom stereocenters. The first-order valence-corrected chi connectivity index (χ1v) is 8.44. The Balaban J connectivity index is 2.05.